The molecule has 1 amide bonds. The molecule has 0 aromatic heterocycles. The Morgan fingerprint density at radius 3 is 2.68 bits per heavy atom. The highest BCUT2D eigenvalue weighted by atomic mass is 32.2. The summed E-state index contributed by atoms with van der Waals surface area (Å²) in [6.45, 7) is 3.88. The van der Waals surface area contributed by atoms with Gasteiger partial charge in [0.05, 0.1) is 11.3 Å². The van der Waals surface area contributed by atoms with Crippen molar-refractivity contribution in [3.8, 4) is 0 Å². The van der Waals surface area contributed by atoms with Crippen LogP contribution in [0.1, 0.15) is 22.8 Å². The van der Waals surface area contributed by atoms with Crippen LogP contribution in [0.15, 0.2) is 18.2 Å². The Morgan fingerprint density at radius 1 is 1.37 bits per heavy atom. The van der Waals surface area contributed by atoms with Gasteiger partial charge in [0.25, 0.3) is 5.91 Å². The van der Waals surface area contributed by atoms with Crippen molar-refractivity contribution in [1.82, 2.24) is 10.0 Å². The molecule has 0 aliphatic carbocycles. The summed E-state index contributed by atoms with van der Waals surface area (Å²) in [6, 6.07) is 5.15. The number of para-hydroxylation sites is 1. The van der Waals surface area contributed by atoms with Crippen LogP contribution >= 0.6 is 0 Å². The van der Waals surface area contributed by atoms with Crippen LogP contribution in [0, 0.1) is 6.92 Å². The lowest BCUT2D eigenvalue weighted by molar-refractivity contribution is 0.0957. The van der Waals surface area contributed by atoms with Crippen LogP contribution in [0.3, 0.4) is 0 Å². The summed E-state index contributed by atoms with van der Waals surface area (Å²) in [5.41, 5.74) is 7.38. The summed E-state index contributed by atoms with van der Waals surface area (Å²) in [4.78, 5) is 11.9. The van der Waals surface area contributed by atoms with Crippen molar-refractivity contribution in [2.75, 3.05) is 24.6 Å². The number of carbonyl (C=O) groups excluding carboxylic acids is 1. The molecule has 7 heteroatoms. The van der Waals surface area contributed by atoms with E-state index in [-0.39, 0.29) is 18.2 Å². The van der Waals surface area contributed by atoms with Gasteiger partial charge in [-0.05, 0) is 18.6 Å². The maximum absolute atomic E-state index is 11.9. The number of nitrogens with two attached hydrogens (primary N) is 1. The Balaban J connectivity index is 2.60. The number of rotatable bonds is 6. The minimum absolute atomic E-state index is 0.0432. The minimum Gasteiger partial charge on any atom is -0.398 e. The van der Waals surface area contributed by atoms with Crippen molar-refractivity contribution in [2.45, 2.75) is 13.8 Å². The van der Waals surface area contributed by atoms with Gasteiger partial charge in [0.15, 0.2) is 0 Å². The molecule has 106 valence electrons. The second-order valence-electron chi connectivity index (χ2n) is 4.11. The average molecular weight is 285 g/mol. The van der Waals surface area contributed by atoms with E-state index in [0.29, 0.717) is 17.8 Å². The second-order valence-corrected chi connectivity index (χ2v) is 6.04. The quantitative estimate of drug-likeness (QED) is 0.652. The topological polar surface area (TPSA) is 101 Å². The van der Waals surface area contributed by atoms with Gasteiger partial charge >= 0.3 is 0 Å². The number of anilines is 1. The molecule has 0 heterocycles. The van der Waals surface area contributed by atoms with E-state index in [4.69, 9.17) is 5.73 Å². The van der Waals surface area contributed by atoms with Crippen LogP contribution in [-0.2, 0) is 10.0 Å². The molecule has 0 aliphatic rings. The lowest BCUT2D eigenvalue weighted by atomic mass is 10.1. The molecular weight excluding hydrogens is 266 g/mol. The third kappa shape index (κ3) is 4.53. The number of amides is 1. The van der Waals surface area contributed by atoms with E-state index in [1.807, 2.05) is 13.0 Å². The lowest BCUT2D eigenvalue weighted by Gasteiger charge is -2.09. The monoisotopic (exact) mass is 285 g/mol. The predicted octanol–water partition coefficient (Wildman–Crippen LogP) is 0.246. The number of hydrogen-bond donors (Lipinski definition) is 3. The summed E-state index contributed by atoms with van der Waals surface area (Å²) in [5, 5.41) is 2.54. The number of benzene rings is 1. The van der Waals surface area contributed by atoms with Gasteiger partial charge in [-0.3, -0.25) is 4.79 Å². The molecule has 1 aromatic rings. The van der Waals surface area contributed by atoms with E-state index in [1.165, 1.54) is 0 Å². The van der Waals surface area contributed by atoms with E-state index in [1.54, 1.807) is 19.1 Å². The first-order valence-electron chi connectivity index (χ1n) is 5.98. The van der Waals surface area contributed by atoms with E-state index in [9.17, 15) is 13.2 Å². The summed E-state index contributed by atoms with van der Waals surface area (Å²) < 4.78 is 25.1. The fourth-order valence-electron chi connectivity index (χ4n) is 1.56. The lowest BCUT2D eigenvalue weighted by Crippen LogP contribution is -2.34. The number of carbonyl (C=O) groups is 1. The first-order chi connectivity index (χ1) is 8.87. The molecule has 1 rings (SSSR count). The molecule has 0 atom stereocenters. The third-order valence-electron chi connectivity index (χ3n) is 2.59. The van der Waals surface area contributed by atoms with Crippen molar-refractivity contribution in [2.24, 2.45) is 0 Å². The van der Waals surface area contributed by atoms with Crippen LogP contribution in [0.4, 0.5) is 5.69 Å². The van der Waals surface area contributed by atoms with Gasteiger partial charge in [0, 0.05) is 18.8 Å². The third-order valence-corrected chi connectivity index (χ3v) is 4.06. The summed E-state index contributed by atoms with van der Waals surface area (Å²) >= 11 is 0. The van der Waals surface area contributed by atoms with E-state index < -0.39 is 10.0 Å². The molecule has 0 bridgehead atoms. The Hall–Kier alpha value is -1.60. The molecular formula is C12H19N3O3S. The molecule has 4 N–H and O–H groups in total. The molecule has 0 fully saturated rings. The van der Waals surface area contributed by atoms with Crippen molar-refractivity contribution in [3.05, 3.63) is 29.3 Å². The van der Waals surface area contributed by atoms with Gasteiger partial charge in [-0.1, -0.05) is 19.1 Å². The van der Waals surface area contributed by atoms with Crippen molar-refractivity contribution >= 4 is 21.6 Å². The molecule has 0 saturated heterocycles. The highest BCUT2D eigenvalue weighted by Gasteiger charge is 2.12. The summed E-state index contributed by atoms with van der Waals surface area (Å²) in [5.74, 6) is -0.522. The summed E-state index contributed by atoms with van der Waals surface area (Å²) in [6.07, 6.45) is 0. The van der Waals surface area contributed by atoms with Gasteiger partial charge in [0.2, 0.25) is 10.0 Å². The zero-order valence-corrected chi connectivity index (χ0v) is 11.9. The highest BCUT2D eigenvalue weighted by Crippen LogP contribution is 2.15. The van der Waals surface area contributed by atoms with Gasteiger partial charge in [-0.2, -0.15) is 0 Å². The molecule has 0 radical (unpaired) electrons. The number of aryl methyl sites for hydroxylation is 1. The number of nitrogen functional groups attached to an aromatic ring is 1. The number of hydrogen-bond acceptors (Lipinski definition) is 4. The van der Waals surface area contributed by atoms with E-state index in [0.717, 1.165) is 5.56 Å². The minimum atomic E-state index is -3.32. The maximum Gasteiger partial charge on any atom is 0.253 e. The largest absolute Gasteiger partial charge is 0.398 e. The van der Waals surface area contributed by atoms with E-state index >= 15 is 0 Å². The van der Waals surface area contributed by atoms with Crippen molar-refractivity contribution in [1.29, 1.82) is 0 Å². The second kappa shape index (κ2) is 6.53. The zero-order valence-electron chi connectivity index (χ0n) is 11.1. The molecule has 0 unspecified atom stereocenters. The summed E-state index contributed by atoms with van der Waals surface area (Å²) in [7, 11) is -3.32. The molecule has 6 nitrogen and oxygen atoms in total. The Kier molecular flexibility index (Phi) is 5.31. The first kappa shape index (κ1) is 15.5. The standard InChI is InChI=1S/C12H19N3O3S/c1-3-15-19(17,18)8-7-14-12(16)10-6-4-5-9(2)11(10)13/h4-6,15H,3,7-8,13H2,1-2H3,(H,14,16). The van der Waals surface area contributed by atoms with Crippen LogP contribution in [0.2, 0.25) is 0 Å². The smallest absolute Gasteiger partial charge is 0.253 e. The fourth-order valence-corrected chi connectivity index (χ4v) is 2.52. The van der Waals surface area contributed by atoms with E-state index in [2.05, 4.69) is 10.0 Å². The normalized spacial score (nSPS) is 11.3. The van der Waals surface area contributed by atoms with Crippen molar-refractivity contribution in [3.63, 3.8) is 0 Å². The number of nitrogens with one attached hydrogen (secondary N) is 2. The number of sulfonamides is 1. The fraction of sp³-hybridized carbons (Fsp3) is 0.417. The van der Waals surface area contributed by atoms with Gasteiger partial charge in [0.1, 0.15) is 0 Å². The maximum atomic E-state index is 11.9. The average Bonchev–Trinajstić information content (AvgIpc) is 2.32. The van der Waals surface area contributed by atoms with Crippen LogP contribution in [-0.4, -0.2) is 33.2 Å². The first-order valence-corrected chi connectivity index (χ1v) is 7.63. The predicted molar refractivity (Wildman–Crippen MR) is 75.4 cm³/mol. The Bertz CT molecular complexity index is 555. The van der Waals surface area contributed by atoms with Gasteiger partial charge < -0.3 is 11.1 Å². The Morgan fingerprint density at radius 2 is 2.05 bits per heavy atom. The van der Waals surface area contributed by atoms with Crippen LogP contribution < -0.4 is 15.8 Å². The molecule has 0 spiro atoms. The Labute approximate surface area is 113 Å². The molecule has 1 aromatic carbocycles. The highest BCUT2D eigenvalue weighted by molar-refractivity contribution is 7.89. The SMILES string of the molecule is CCNS(=O)(=O)CCNC(=O)c1cccc(C)c1N. The van der Waals surface area contributed by atoms with Crippen LogP contribution in [0.25, 0.3) is 0 Å². The zero-order chi connectivity index (χ0) is 14.5. The molecule has 0 saturated carbocycles. The van der Waals surface area contributed by atoms with Gasteiger partial charge in [-0.25, -0.2) is 13.1 Å². The van der Waals surface area contributed by atoms with Gasteiger partial charge in [-0.15, -0.1) is 0 Å². The molecule has 19 heavy (non-hydrogen) atoms. The molecule has 0 aliphatic heterocycles. The van der Waals surface area contributed by atoms with Crippen LogP contribution in [0.5, 0.6) is 0 Å². The van der Waals surface area contributed by atoms with Crippen molar-refractivity contribution < 1.29 is 13.2 Å².